The largest absolute Gasteiger partial charge is 0.393 e. The topological polar surface area (TPSA) is 81.7 Å². The number of fused-ring (bicyclic) bond motifs is 1. The minimum Gasteiger partial charge on any atom is -0.393 e. The first-order valence-corrected chi connectivity index (χ1v) is 10.3. The summed E-state index contributed by atoms with van der Waals surface area (Å²) in [5, 5.41) is 15.6. The number of halogens is 1. The number of carbonyl (C=O) groups excluding carboxylic acids is 2. The summed E-state index contributed by atoms with van der Waals surface area (Å²) >= 11 is 7.00. The summed E-state index contributed by atoms with van der Waals surface area (Å²) in [5.41, 5.74) is 0.810. The van der Waals surface area contributed by atoms with E-state index in [1.807, 2.05) is 25.2 Å². The molecule has 2 atom stereocenters. The van der Waals surface area contributed by atoms with Gasteiger partial charge in [-0.15, -0.1) is 11.3 Å². The molecule has 2 aromatic rings. The summed E-state index contributed by atoms with van der Waals surface area (Å²) < 4.78 is 0.485. The Morgan fingerprint density at radius 3 is 2.75 bits per heavy atom. The molecule has 0 radical (unpaired) electrons. The highest BCUT2D eigenvalue weighted by molar-refractivity contribution is 7.18. The van der Waals surface area contributed by atoms with E-state index in [4.69, 9.17) is 11.6 Å². The van der Waals surface area contributed by atoms with Crippen LogP contribution in [-0.2, 0) is 11.2 Å². The summed E-state index contributed by atoms with van der Waals surface area (Å²) in [6.45, 7) is 2.55. The van der Waals surface area contributed by atoms with Gasteiger partial charge < -0.3 is 20.6 Å². The van der Waals surface area contributed by atoms with Crippen molar-refractivity contribution in [3.8, 4) is 0 Å². The highest BCUT2D eigenvalue weighted by Gasteiger charge is 2.37. The third kappa shape index (κ3) is 4.55. The van der Waals surface area contributed by atoms with Crippen LogP contribution in [0.3, 0.4) is 0 Å². The zero-order valence-corrected chi connectivity index (χ0v) is 17.4. The Morgan fingerprint density at radius 1 is 1.32 bits per heavy atom. The summed E-state index contributed by atoms with van der Waals surface area (Å²) in [5.74, 6) is -0.872. The molecule has 3 rings (SSSR count). The molecule has 1 aliphatic heterocycles. The molecule has 1 aromatic carbocycles. The Bertz CT molecular complexity index is 872. The van der Waals surface area contributed by atoms with Crippen molar-refractivity contribution in [3.63, 3.8) is 0 Å². The van der Waals surface area contributed by atoms with Crippen LogP contribution < -0.4 is 10.6 Å². The summed E-state index contributed by atoms with van der Waals surface area (Å²) in [4.78, 5) is 28.1. The fourth-order valence-corrected chi connectivity index (χ4v) is 4.21. The fraction of sp³-hybridized carbons (Fsp3) is 0.400. The van der Waals surface area contributed by atoms with E-state index in [1.165, 1.54) is 12.5 Å². The number of carbonyl (C=O) groups is 2. The van der Waals surface area contributed by atoms with E-state index < -0.39 is 24.0 Å². The number of likely N-dealkylation sites (N-methyl/N-ethyl adjacent to an activating group) is 1. The number of rotatable bonds is 5. The third-order valence-electron chi connectivity index (χ3n) is 5.00. The van der Waals surface area contributed by atoms with E-state index in [1.54, 1.807) is 12.1 Å². The van der Waals surface area contributed by atoms with Gasteiger partial charge in [-0.05, 0) is 43.7 Å². The number of nitrogens with one attached hydrogen (secondary N) is 2. The highest BCUT2D eigenvalue weighted by Crippen LogP contribution is 2.25. The molecule has 6 nitrogen and oxygen atoms in total. The Balaban J connectivity index is 1.78. The predicted octanol–water partition coefficient (Wildman–Crippen LogP) is 2.23. The normalized spacial score (nSPS) is 19.2. The smallest absolute Gasteiger partial charge is 0.262 e. The fourth-order valence-electron chi connectivity index (χ4n) is 3.27. The van der Waals surface area contributed by atoms with Crippen LogP contribution in [0.1, 0.15) is 33.8 Å². The van der Waals surface area contributed by atoms with Crippen molar-refractivity contribution in [2.45, 2.75) is 24.9 Å². The number of aliphatic hydroxyl groups is 1. The lowest BCUT2D eigenvalue weighted by atomic mass is 9.97. The van der Waals surface area contributed by atoms with Gasteiger partial charge in [-0.2, -0.15) is 0 Å². The first kappa shape index (κ1) is 20.8. The van der Waals surface area contributed by atoms with Gasteiger partial charge in [0.05, 0.1) is 21.9 Å². The van der Waals surface area contributed by atoms with E-state index in [-0.39, 0.29) is 6.04 Å². The Kier molecular flexibility index (Phi) is 6.40. The first-order valence-electron chi connectivity index (χ1n) is 9.08. The predicted molar refractivity (Wildman–Crippen MR) is 111 cm³/mol. The number of amides is 2. The van der Waals surface area contributed by atoms with E-state index in [9.17, 15) is 14.7 Å². The molecule has 28 heavy (non-hydrogen) atoms. The molecule has 0 bridgehead atoms. The quantitative estimate of drug-likeness (QED) is 0.691. The second-order valence-corrected chi connectivity index (χ2v) is 9.00. The molecule has 0 saturated carbocycles. The summed E-state index contributed by atoms with van der Waals surface area (Å²) in [6, 6.07) is 11.0. The molecule has 3 N–H and O–H groups in total. The van der Waals surface area contributed by atoms with Gasteiger partial charge in [0, 0.05) is 13.1 Å². The van der Waals surface area contributed by atoms with Crippen molar-refractivity contribution in [3.05, 3.63) is 56.7 Å². The van der Waals surface area contributed by atoms with Gasteiger partial charge in [-0.3, -0.25) is 9.59 Å². The van der Waals surface area contributed by atoms with Crippen molar-refractivity contribution in [2.24, 2.45) is 0 Å². The number of nitrogens with zero attached hydrogens (tertiary/aromatic N) is 1. The lowest BCUT2D eigenvalue weighted by molar-refractivity contribution is -0.129. The van der Waals surface area contributed by atoms with Crippen molar-refractivity contribution < 1.29 is 14.7 Å². The minimum absolute atomic E-state index is 0.227. The molecule has 1 unspecified atom stereocenters. The lowest BCUT2D eigenvalue weighted by Gasteiger charge is -2.31. The van der Waals surface area contributed by atoms with Crippen molar-refractivity contribution in [2.75, 3.05) is 26.7 Å². The molecule has 2 amide bonds. The second-order valence-electron chi connectivity index (χ2n) is 7.29. The number of hydrogen-bond acceptors (Lipinski definition) is 5. The van der Waals surface area contributed by atoms with E-state index in [0.717, 1.165) is 29.9 Å². The Morgan fingerprint density at radius 2 is 2.07 bits per heavy atom. The van der Waals surface area contributed by atoms with E-state index >= 15 is 0 Å². The number of hydrogen-bond donors (Lipinski definition) is 3. The van der Waals surface area contributed by atoms with E-state index in [0.29, 0.717) is 15.8 Å². The van der Waals surface area contributed by atoms with Crippen LogP contribution in [0, 0.1) is 0 Å². The molecular weight excluding hydrogens is 398 g/mol. The maximum absolute atomic E-state index is 13.0. The van der Waals surface area contributed by atoms with Crippen LogP contribution in [0.2, 0.25) is 4.34 Å². The summed E-state index contributed by atoms with van der Waals surface area (Å²) in [7, 11) is 2.01. The zero-order chi connectivity index (χ0) is 20.3. The van der Waals surface area contributed by atoms with Gasteiger partial charge >= 0.3 is 0 Å². The Labute approximate surface area is 173 Å². The van der Waals surface area contributed by atoms with E-state index in [2.05, 4.69) is 21.6 Å². The summed E-state index contributed by atoms with van der Waals surface area (Å²) in [6.07, 6.45) is 0.909. The molecule has 8 heteroatoms. The maximum Gasteiger partial charge on any atom is 0.262 e. The monoisotopic (exact) mass is 421 g/mol. The van der Waals surface area contributed by atoms with Crippen LogP contribution in [0.15, 0.2) is 36.4 Å². The molecule has 0 aliphatic carbocycles. The van der Waals surface area contributed by atoms with Crippen LogP contribution >= 0.6 is 22.9 Å². The molecule has 2 heterocycles. The van der Waals surface area contributed by atoms with Gasteiger partial charge in [-0.1, -0.05) is 35.9 Å². The third-order valence-corrected chi connectivity index (χ3v) is 6.23. The molecule has 0 fully saturated rings. The van der Waals surface area contributed by atoms with Gasteiger partial charge in [0.25, 0.3) is 5.91 Å². The van der Waals surface area contributed by atoms with Gasteiger partial charge in [0.2, 0.25) is 5.91 Å². The van der Waals surface area contributed by atoms with Crippen LogP contribution in [-0.4, -0.2) is 54.1 Å². The molecule has 0 spiro atoms. The minimum atomic E-state index is -1.45. The van der Waals surface area contributed by atoms with Gasteiger partial charge in [0.1, 0.15) is 5.54 Å². The number of benzene rings is 1. The Hall–Kier alpha value is -1.93. The second kappa shape index (κ2) is 8.61. The first-order chi connectivity index (χ1) is 13.3. The molecular formula is C20H24ClN3O3S. The molecule has 1 aliphatic rings. The van der Waals surface area contributed by atoms with Crippen LogP contribution in [0.25, 0.3) is 0 Å². The molecule has 1 aromatic heterocycles. The van der Waals surface area contributed by atoms with Crippen LogP contribution in [0.5, 0.6) is 0 Å². The van der Waals surface area contributed by atoms with Gasteiger partial charge in [0.15, 0.2) is 0 Å². The van der Waals surface area contributed by atoms with Crippen LogP contribution in [0.4, 0.5) is 0 Å². The van der Waals surface area contributed by atoms with Gasteiger partial charge in [-0.25, -0.2) is 0 Å². The van der Waals surface area contributed by atoms with Crippen molar-refractivity contribution >= 4 is 34.8 Å². The number of thiophene rings is 1. The zero-order valence-electron chi connectivity index (χ0n) is 15.9. The highest BCUT2D eigenvalue weighted by atomic mass is 35.5. The standard InChI is InChI=1S/C20H24ClN3O3S/c1-20(12-25,23-18(26)16-7-8-17(21)28-16)19(27)22-15-11-24(2)10-9-13-5-3-4-6-14(13)15/h3-8,15,25H,9-12H2,1-2H3,(H,22,27)(H,23,26)/t15?,20-/m1/s1. The average Bonchev–Trinajstić information content (AvgIpc) is 3.05. The van der Waals surface area contributed by atoms with Crippen molar-refractivity contribution in [1.82, 2.24) is 15.5 Å². The average molecular weight is 422 g/mol. The van der Waals surface area contributed by atoms with Crippen molar-refractivity contribution in [1.29, 1.82) is 0 Å². The maximum atomic E-state index is 13.0. The number of aliphatic hydroxyl groups excluding tert-OH is 1. The SMILES string of the molecule is CN1CCc2ccccc2C(NC(=O)[C@@](C)(CO)NC(=O)c2ccc(Cl)s2)C1. The molecule has 150 valence electrons. The lowest BCUT2D eigenvalue weighted by Crippen LogP contribution is -2.60. The molecule has 0 saturated heterocycles.